The van der Waals surface area contributed by atoms with Gasteiger partial charge in [-0.1, -0.05) is 12.1 Å². The molecule has 2 aromatic heterocycles. The monoisotopic (exact) mass is 830 g/mol. The highest BCUT2D eigenvalue weighted by Gasteiger charge is 2.59. The lowest BCUT2D eigenvalue weighted by Gasteiger charge is -2.47. The Morgan fingerprint density at radius 1 is 1.02 bits per heavy atom. The predicted molar refractivity (Wildman–Crippen MR) is 212 cm³/mol. The summed E-state index contributed by atoms with van der Waals surface area (Å²) < 4.78 is 30.4. The SMILES string of the molecule is Nc1ccc([C@@H](O)COc2ccc(-c3cc(=O)c4c(O)c(OC5(c6cccc(O)c6)CCCC5)c(O[C@@H]5O[C@H](C(=O)O)[C@](O)(C[C@@H]6CNCN6)[C@@H](O)[C@H]5O)cc4o3)cc2)[nH]1. The van der Waals surface area contributed by atoms with Crippen LogP contribution >= 0.6 is 0 Å². The quantitative estimate of drug-likeness (QED) is 0.0811. The Morgan fingerprint density at radius 2 is 1.78 bits per heavy atom. The molecular weight excluding hydrogens is 784 g/mol. The zero-order valence-electron chi connectivity index (χ0n) is 32.1. The predicted octanol–water partition coefficient (Wildman–Crippen LogP) is 2.29. The Bertz CT molecular complexity index is 2410. The minimum atomic E-state index is -2.46. The first-order chi connectivity index (χ1) is 28.7. The second-order valence-electron chi connectivity index (χ2n) is 15.5. The van der Waals surface area contributed by atoms with Gasteiger partial charge in [-0.05, 0) is 86.2 Å². The molecule has 7 atom stereocenters. The molecule has 12 N–H and O–H groups in total. The van der Waals surface area contributed by atoms with Crippen molar-refractivity contribution in [2.45, 2.75) is 80.1 Å². The van der Waals surface area contributed by atoms with Gasteiger partial charge in [-0.15, -0.1) is 0 Å². The molecule has 1 aliphatic carbocycles. The van der Waals surface area contributed by atoms with Gasteiger partial charge in [0.05, 0.1) is 0 Å². The molecule has 0 unspecified atom stereocenters. The molecule has 18 heteroatoms. The van der Waals surface area contributed by atoms with Crippen LogP contribution in [-0.2, 0) is 15.1 Å². The molecule has 1 saturated carbocycles. The molecule has 318 valence electrons. The Kier molecular flexibility index (Phi) is 11.1. The fourth-order valence-electron chi connectivity index (χ4n) is 8.30. The highest BCUT2D eigenvalue weighted by molar-refractivity contribution is 5.89. The van der Waals surface area contributed by atoms with E-state index in [1.165, 1.54) is 24.3 Å². The molecular formula is C42H46N4O14. The molecule has 0 amide bonds. The van der Waals surface area contributed by atoms with Crippen LogP contribution in [0, 0.1) is 0 Å². The number of hydrogen-bond donors (Lipinski definition) is 11. The van der Waals surface area contributed by atoms with Gasteiger partial charge in [0.1, 0.15) is 70.2 Å². The van der Waals surface area contributed by atoms with E-state index in [-0.39, 0.29) is 47.0 Å². The fourth-order valence-corrected chi connectivity index (χ4v) is 8.30. The van der Waals surface area contributed by atoms with Crippen LogP contribution in [0.4, 0.5) is 5.82 Å². The summed E-state index contributed by atoms with van der Waals surface area (Å²) in [6, 6.07) is 18.1. The number of nitrogen functional groups attached to an aromatic ring is 1. The van der Waals surface area contributed by atoms with E-state index in [1.54, 1.807) is 48.5 Å². The van der Waals surface area contributed by atoms with Crippen LogP contribution in [0.3, 0.4) is 0 Å². The second kappa shape index (κ2) is 16.3. The molecule has 3 aliphatic rings. The van der Waals surface area contributed by atoms with Crippen molar-refractivity contribution in [2.75, 3.05) is 25.6 Å². The number of hydrogen-bond acceptors (Lipinski definition) is 16. The lowest BCUT2D eigenvalue weighted by molar-refractivity contribution is -0.307. The van der Waals surface area contributed by atoms with Gasteiger partial charge in [0.25, 0.3) is 0 Å². The maximum Gasteiger partial charge on any atom is 0.336 e. The summed E-state index contributed by atoms with van der Waals surface area (Å²) in [6.45, 7) is 0.660. The Balaban J connectivity index is 1.16. The highest BCUT2D eigenvalue weighted by atomic mass is 16.7. The molecule has 60 heavy (non-hydrogen) atoms. The number of carbonyl (C=O) groups is 1. The van der Waals surface area contributed by atoms with Crippen LogP contribution in [0.2, 0.25) is 0 Å². The number of carboxylic acids is 1. The van der Waals surface area contributed by atoms with E-state index >= 15 is 0 Å². The van der Waals surface area contributed by atoms with Gasteiger partial charge in [0.15, 0.2) is 23.0 Å². The van der Waals surface area contributed by atoms with Gasteiger partial charge in [-0.2, -0.15) is 0 Å². The zero-order valence-corrected chi connectivity index (χ0v) is 32.1. The third-order valence-electron chi connectivity index (χ3n) is 11.4. The van der Waals surface area contributed by atoms with Crippen LogP contribution in [0.15, 0.2) is 82.0 Å². The largest absolute Gasteiger partial charge is 0.508 e. The number of benzene rings is 3. The van der Waals surface area contributed by atoms with Crippen LogP contribution in [0.25, 0.3) is 22.3 Å². The second-order valence-corrected chi connectivity index (χ2v) is 15.5. The lowest BCUT2D eigenvalue weighted by Crippen LogP contribution is -2.70. The van der Waals surface area contributed by atoms with Crippen molar-refractivity contribution in [3.8, 4) is 40.1 Å². The number of nitrogens with two attached hydrogens (primary N) is 1. The van der Waals surface area contributed by atoms with Gasteiger partial charge in [0.2, 0.25) is 12.0 Å². The van der Waals surface area contributed by atoms with Gasteiger partial charge in [-0.3, -0.25) is 4.79 Å². The van der Waals surface area contributed by atoms with Crippen molar-refractivity contribution in [2.24, 2.45) is 0 Å². The molecule has 8 rings (SSSR count). The van der Waals surface area contributed by atoms with Gasteiger partial charge in [-0.25, -0.2) is 4.79 Å². The van der Waals surface area contributed by atoms with Crippen molar-refractivity contribution in [3.05, 3.63) is 94.3 Å². The molecule has 0 radical (unpaired) electrons. The highest BCUT2D eigenvalue weighted by Crippen LogP contribution is 2.51. The van der Waals surface area contributed by atoms with Crippen molar-refractivity contribution in [3.63, 3.8) is 0 Å². The lowest BCUT2D eigenvalue weighted by atomic mass is 9.79. The van der Waals surface area contributed by atoms with Gasteiger partial charge in [0, 0.05) is 42.6 Å². The van der Waals surface area contributed by atoms with E-state index in [1.807, 2.05) is 0 Å². The van der Waals surface area contributed by atoms with E-state index in [0.29, 0.717) is 67.3 Å². The normalized spacial score (nSPS) is 25.6. The summed E-state index contributed by atoms with van der Waals surface area (Å²) in [5.74, 6) is -2.22. The Labute approximate surface area is 341 Å². The van der Waals surface area contributed by atoms with Crippen LogP contribution < -0.4 is 36.0 Å². The number of rotatable bonds is 13. The topological polar surface area (TPSA) is 292 Å². The minimum Gasteiger partial charge on any atom is -0.508 e. The average Bonchev–Trinajstić information content (AvgIpc) is 4.02. The average molecular weight is 831 g/mol. The van der Waals surface area contributed by atoms with Crippen LogP contribution in [0.1, 0.15) is 49.5 Å². The van der Waals surface area contributed by atoms with Crippen LogP contribution in [-0.4, -0.2) is 103 Å². The molecule has 3 fully saturated rings. The van der Waals surface area contributed by atoms with Crippen LogP contribution in [0.5, 0.6) is 28.7 Å². The summed E-state index contributed by atoms with van der Waals surface area (Å²) in [7, 11) is 0. The number of aliphatic hydroxyl groups is 4. The number of carboxylic acid groups (broad SMARTS) is 1. The Morgan fingerprint density at radius 3 is 2.45 bits per heavy atom. The number of aliphatic hydroxyl groups excluding tert-OH is 3. The van der Waals surface area contributed by atoms with Crippen molar-refractivity contribution in [1.82, 2.24) is 15.6 Å². The maximum atomic E-state index is 13.9. The fraction of sp³-hybridized carbons (Fsp3) is 0.381. The number of aliphatic carboxylic acids is 1. The number of aromatic nitrogens is 1. The number of H-pyrrole nitrogens is 1. The summed E-state index contributed by atoms with van der Waals surface area (Å²) in [4.78, 5) is 29.3. The number of phenolic OH excluding ortho intramolecular Hbond substituents is 2. The molecule has 4 heterocycles. The first-order valence-electron chi connectivity index (χ1n) is 19.5. The Hall–Kier alpha value is -5.86. The van der Waals surface area contributed by atoms with E-state index in [2.05, 4.69) is 15.6 Å². The molecule has 0 bridgehead atoms. The number of ether oxygens (including phenoxy) is 4. The smallest absolute Gasteiger partial charge is 0.336 e. The van der Waals surface area contributed by atoms with E-state index in [0.717, 1.165) is 0 Å². The number of fused-ring (bicyclic) bond motifs is 1. The minimum absolute atomic E-state index is 0.0300. The van der Waals surface area contributed by atoms with E-state index in [9.17, 15) is 45.3 Å². The van der Waals surface area contributed by atoms with Crippen molar-refractivity contribution < 1.29 is 63.9 Å². The summed E-state index contributed by atoms with van der Waals surface area (Å²) in [5.41, 5.74) is 2.72. The first kappa shape index (κ1) is 40.9. The number of nitrogens with one attached hydrogen (secondary N) is 3. The zero-order chi connectivity index (χ0) is 42.3. The van der Waals surface area contributed by atoms with E-state index < -0.39 is 65.1 Å². The number of aromatic hydroxyl groups is 2. The first-order valence-corrected chi connectivity index (χ1v) is 19.5. The molecule has 18 nitrogen and oxygen atoms in total. The van der Waals surface area contributed by atoms with Crippen molar-refractivity contribution in [1.29, 1.82) is 0 Å². The third kappa shape index (κ3) is 7.81. The number of aromatic amines is 1. The standard InChI is InChI=1S/C42H46N4O14/c43-32-11-10-26(46-32)28(49)19-56-25-8-6-21(7-9-25)29-15-27(48)33-30(57-29)16-31(36(34(33)50)60-41(12-1-2-13-41)22-4-3-5-24(47)14-22)58-40-35(51)37(52)42(55,38(59-40)39(53)54)17-23-18-44-20-45-23/h3-11,14-16,23,28,35,37-38,40,44-47,49-52,55H,1-2,12-13,17-20,43H2,(H,53,54)/t23-,28+,35-,37+,38-,40-,42+/m1/s1. The number of anilines is 1. The van der Waals surface area contributed by atoms with Gasteiger partial charge < -0.3 is 80.5 Å². The number of phenols is 2. The third-order valence-corrected chi connectivity index (χ3v) is 11.4. The summed E-state index contributed by atoms with van der Waals surface area (Å²) in [5, 5.41) is 83.1. The maximum absolute atomic E-state index is 13.9. The molecule has 2 aliphatic heterocycles. The molecule has 3 aromatic carbocycles. The van der Waals surface area contributed by atoms with Crippen molar-refractivity contribution >= 4 is 22.8 Å². The molecule has 0 spiro atoms. The molecule has 2 saturated heterocycles. The van der Waals surface area contributed by atoms with Gasteiger partial charge >= 0.3 is 5.97 Å². The van der Waals surface area contributed by atoms with E-state index in [4.69, 9.17) is 29.1 Å². The summed E-state index contributed by atoms with van der Waals surface area (Å²) in [6.07, 6.45) is -7.15. The summed E-state index contributed by atoms with van der Waals surface area (Å²) >= 11 is 0. The molecule has 5 aromatic rings.